The fraction of sp³-hybridized carbons (Fsp3) is 0.500. The van der Waals surface area contributed by atoms with Crippen molar-refractivity contribution in [2.24, 2.45) is 5.73 Å². The minimum atomic E-state index is -1.27. The predicted octanol–water partition coefficient (Wildman–Crippen LogP) is 7.38. The van der Waals surface area contributed by atoms with Crippen LogP contribution in [0.5, 0.6) is 0 Å². The molecule has 1 atom stereocenters. The van der Waals surface area contributed by atoms with Crippen molar-refractivity contribution in [3.05, 3.63) is 58.9 Å². The number of carbonyl (C=O) groups excluding carboxylic acids is 4. The number of amides is 1. The minimum Gasteiger partial charge on any atom is -0.478 e. The van der Waals surface area contributed by atoms with Crippen LogP contribution in [0.1, 0.15) is 100 Å². The van der Waals surface area contributed by atoms with Gasteiger partial charge in [0.2, 0.25) is 0 Å². The Labute approximate surface area is 409 Å². The number of carbonyl (C=O) groups is 5. The molecule has 2 aliphatic rings. The quantitative estimate of drug-likeness (QED) is 0.00881. The molecule has 11 N–H and O–H groups in total. The van der Waals surface area contributed by atoms with Crippen LogP contribution in [0.25, 0.3) is 33.4 Å². The molecule has 4 rings (SSSR count). The molecular weight excluding hydrogens is 917 g/mol. The molecule has 1 aliphatic heterocycles. The van der Waals surface area contributed by atoms with E-state index in [-0.39, 0.29) is 60.7 Å². The van der Waals surface area contributed by atoms with E-state index in [9.17, 15) is 38.2 Å². The molecule has 1 unspecified atom stereocenters. The number of aromatic carboxylic acids is 1. The van der Waals surface area contributed by atoms with Gasteiger partial charge in [-0.3, -0.25) is 15.0 Å². The number of Topliss-reactive ketones (excluding diaryl/α,β-unsaturated/α-hetero) is 1. The van der Waals surface area contributed by atoms with Crippen molar-refractivity contribution in [3.63, 3.8) is 0 Å². The van der Waals surface area contributed by atoms with E-state index < -0.39 is 11.9 Å². The number of benzene rings is 3. The predicted molar refractivity (Wildman–Crippen MR) is 271 cm³/mol. The molecule has 20 heteroatoms. The average Bonchev–Trinajstić information content (AvgIpc) is 3.35. The number of anilines is 1. The molecule has 0 saturated carbocycles. The lowest BCUT2D eigenvalue weighted by molar-refractivity contribution is -0.118. The number of nitrogens with one attached hydrogen (secondary N) is 4. The Morgan fingerprint density at radius 3 is 1.84 bits per heavy atom. The van der Waals surface area contributed by atoms with Gasteiger partial charge in [0.1, 0.15) is 28.1 Å². The van der Waals surface area contributed by atoms with Gasteiger partial charge in [0.15, 0.2) is 11.3 Å². The highest BCUT2D eigenvalue weighted by Gasteiger charge is 2.27. The summed E-state index contributed by atoms with van der Waals surface area (Å²) in [7, 11) is 3.82. The Kier molecular flexibility index (Phi) is 36.4. The summed E-state index contributed by atoms with van der Waals surface area (Å²) in [4.78, 5) is 55.3. The van der Waals surface area contributed by atoms with Crippen molar-refractivity contribution in [2.75, 3.05) is 79.1 Å². The van der Waals surface area contributed by atoms with Crippen molar-refractivity contribution in [1.29, 1.82) is 5.41 Å². The summed E-state index contributed by atoms with van der Waals surface area (Å²) in [6.07, 6.45) is 6.63. The molecule has 18 nitrogen and oxygen atoms in total. The summed E-state index contributed by atoms with van der Waals surface area (Å²) < 4.78 is 42.5. The first kappa shape index (κ1) is 63.3. The average molecular weight is 991 g/mol. The Bertz CT molecular complexity index is 2100. The number of carboxylic acid groups (broad SMARTS) is 1. The van der Waals surface area contributed by atoms with E-state index >= 15 is 0 Å². The molecule has 0 bridgehead atoms. The zero-order valence-electron chi connectivity index (χ0n) is 40.6. The Morgan fingerprint density at radius 1 is 0.765 bits per heavy atom. The van der Waals surface area contributed by atoms with E-state index in [4.69, 9.17) is 35.5 Å². The van der Waals surface area contributed by atoms with Crippen LogP contribution in [-0.2, 0) is 28.6 Å². The number of nitrogens with two attached hydrogens (primary N) is 2. The van der Waals surface area contributed by atoms with Gasteiger partial charge in [-0.1, -0.05) is 40.2 Å². The summed E-state index contributed by atoms with van der Waals surface area (Å²) in [5.74, 6) is -1.51. The number of fused-ring (bicyclic) bond motifs is 2. The number of hydrogen-bond donors (Lipinski definition) is 9. The van der Waals surface area contributed by atoms with Crippen LogP contribution in [0.15, 0.2) is 56.7 Å². The number of aldehydes is 2. The normalized spacial score (nSPS) is 10.8. The fourth-order valence-electron chi connectivity index (χ4n) is 5.92. The zero-order valence-corrected chi connectivity index (χ0v) is 42.2. The van der Waals surface area contributed by atoms with Crippen molar-refractivity contribution in [3.8, 4) is 22.5 Å². The third-order valence-electron chi connectivity index (χ3n) is 9.29. The third-order valence-corrected chi connectivity index (χ3v) is 10.5. The second-order valence-electron chi connectivity index (χ2n) is 14.0. The third kappa shape index (κ3) is 22.6. The maximum Gasteiger partial charge on any atom is 0.336 e. The van der Waals surface area contributed by atoms with Gasteiger partial charge in [-0.25, -0.2) is 4.79 Å². The van der Waals surface area contributed by atoms with Gasteiger partial charge in [0, 0.05) is 78.8 Å². The van der Waals surface area contributed by atoms with Crippen LogP contribution < -0.4 is 32.8 Å². The standard InChI is InChI=1S/C32H38N4O9S2.C8H18N2O.C4H6O2.2C2H6/c1-35-10-2-12-42-14-16-44-17-15-43-13-3-11-36-31(37)19-4-5-20(23(18-19)32(38)39)26-21-6-8-24(33)29(46-40)27(21)45-28-22(26)7-9-25(34)30(28)47-41;1-7(11)8(9)5-3-4-6-10-2;5-3-1-2-4-6;2*1-2/h4-9,18,33,35,40-41H,2-3,10-17,34H2,1H3,(H,36,37)(H,38,39);8,10H,3-6,9H2,1-2H3;3-4H,1-2H2;2*1-2H3. The van der Waals surface area contributed by atoms with Crippen molar-refractivity contribution in [2.45, 2.75) is 95.4 Å². The molecule has 68 heavy (non-hydrogen) atoms. The van der Waals surface area contributed by atoms with Crippen LogP contribution in [-0.4, -0.2) is 124 Å². The van der Waals surface area contributed by atoms with Gasteiger partial charge < -0.3 is 69.8 Å². The number of ether oxygens (including phenoxy) is 3. The Hall–Kier alpha value is -4.74. The number of ketones is 1. The summed E-state index contributed by atoms with van der Waals surface area (Å²) in [6, 6.07) is 10.4. The molecule has 2 aromatic carbocycles. The summed E-state index contributed by atoms with van der Waals surface area (Å²) >= 11 is 0.686. The lowest BCUT2D eigenvalue weighted by atomic mass is 9.89. The first-order valence-corrected chi connectivity index (χ1v) is 24.3. The molecule has 1 aliphatic carbocycles. The monoisotopic (exact) mass is 990 g/mol. The van der Waals surface area contributed by atoms with Gasteiger partial charge >= 0.3 is 5.97 Å². The van der Waals surface area contributed by atoms with E-state index in [1.807, 2.05) is 41.8 Å². The molecule has 0 spiro atoms. The van der Waals surface area contributed by atoms with Crippen molar-refractivity contribution in [1.82, 2.24) is 16.0 Å². The maximum absolute atomic E-state index is 13.0. The molecule has 0 fully saturated rings. The highest BCUT2D eigenvalue weighted by molar-refractivity contribution is 7.94. The first-order chi connectivity index (χ1) is 32.9. The zero-order chi connectivity index (χ0) is 51.3. The van der Waals surface area contributed by atoms with E-state index in [1.54, 1.807) is 25.1 Å². The molecule has 2 aromatic rings. The van der Waals surface area contributed by atoms with Crippen molar-refractivity contribution < 1.29 is 56.8 Å². The SMILES string of the molecule is CC.CC.CNCCCCC(N)C(C)=O.CNCCCOCCOCCOCCCNC(=O)c1ccc(-c2c3ccc(=N)c(SO)c-3oc3c(SO)c(N)ccc23)c(C(=O)O)c1.O=CCCC=O. The highest BCUT2D eigenvalue weighted by atomic mass is 32.2. The number of nitrogen functional groups attached to an aromatic ring is 1. The van der Waals surface area contributed by atoms with E-state index in [0.29, 0.717) is 106 Å². The van der Waals surface area contributed by atoms with Gasteiger partial charge in [-0.15, -0.1) is 0 Å². The largest absolute Gasteiger partial charge is 0.478 e. The van der Waals surface area contributed by atoms with Crippen LogP contribution >= 0.6 is 24.1 Å². The molecule has 1 amide bonds. The summed E-state index contributed by atoms with van der Waals surface area (Å²) in [5.41, 5.74) is 13.1. The number of carboxylic acids is 1. The minimum absolute atomic E-state index is 0.0118. The molecule has 0 aromatic heterocycles. The van der Waals surface area contributed by atoms with E-state index in [0.717, 1.165) is 51.3 Å². The first-order valence-electron chi connectivity index (χ1n) is 22.7. The van der Waals surface area contributed by atoms with Gasteiger partial charge in [-0.05, 0) is 102 Å². The fourth-order valence-corrected chi connectivity index (χ4v) is 6.72. The highest BCUT2D eigenvalue weighted by Crippen LogP contribution is 2.46. The number of unbranched alkanes of at least 4 members (excludes halogenated alkanes) is 2. The molecule has 0 radical (unpaired) electrons. The second-order valence-corrected chi connectivity index (χ2v) is 15.2. The Morgan fingerprint density at radius 2 is 1.31 bits per heavy atom. The van der Waals surface area contributed by atoms with Gasteiger partial charge in [0.05, 0.1) is 49.1 Å². The smallest absolute Gasteiger partial charge is 0.336 e. The van der Waals surface area contributed by atoms with Crippen LogP contribution in [0.4, 0.5) is 5.69 Å². The Balaban J connectivity index is 0.00000179. The van der Waals surface area contributed by atoms with Crippen LogP contribution in [0.3, 0.4) is 0 Å². The summed E-state index contributed by atoms with van der Waals surface area (Å²) in [5, 5.41) is 27.8. The second kappa shape index (κ2) is 39.1. The molecule has 380 valence electrons. The van der Waals surface area contributed by atoms with Crippen LogP contribution in [0, 0.1) is 5.41 Å². The van der Waals surface area contributed by atoms with Crippen LogP contribution in [0.2, 0.25) is 0 Å². The number of hydrogen-bond acceptors (Lipinski definition) is 18. The molecular formula is C48H74N6O12S2. The van der Waals surface area contributed by atoms with Gasteiger partial charge in [-0.2, -0.15) is 0 Å². The topological polar surface area (TPSA) is 299 Å². The molecule has 0 saturated heterocycles. The maximum atomic E-state index is 13.0. The lowest BCUT2D eigenvalue weighted by Crippen LogP contribution is -2.28. The number of rotatable bonds is 28. The molecule has 1 heterocycles. The van der Waals surface area contributed by atoms with Gasteiger partial charge in [0.25, 0.3) is 5.91 Å². The van der Waals surface area contributed by atoms with E-state index in [1.165, 1.54) is 24.3 Å². The van der Waals surface area contributed by atoms with Crippen molar-refractivity contribution >= 4 is 71.0 Å². The lowest BCUT2D eigenvalue weighted by Gasteiger charge is -2.20. The van der Waals surface area contributed by atoms with E-state index in [2.05, 4.69) is 16.0 Å². The summed E-state index contributed by atoms with van der Waals surface area (Å²) in [6.45, 7) is 14.8.